The average molecular weight is 1150 g/mol. The minimum absolute atomic E-state index is 0.700. The van der Waals surface area contributed by atoms with Crippen molar-refractivity contribution >= 4 is 92.2 Å². The maximum atomic E-state index is 2.59. The first-order valence-corrected chi connectivity index (χ1v) is 31.5. The summed E-state index contributed by atoms with van der Waals surface area (Å²) < 4.78 is 7.54. The highest BCUT2D eigenvalue weighted by Crippen LogP contribution is 2.64. The van der Waals surface area contributed by atoms with Crippen LogP contribution in [0.3, 0.4) is 0 Å². The average Bonchev–Trinajstić information content (AvgIpc) is 1.51. The fourth-order valence-electron chi connectivity index (χ4n) is 15.6. The standard InChI is InChI=1S/C85H53N3S/c1-3-19-54(20-4-1)56-37-41-59(42-38-56)85(60-24-17-23-58(53-60)55-21-5-2-6-22-55)71-51-49-64(80-69-28-10-15-33-76(69)88-75-32-14-9-27-67(75)68-50-52-72(85)83(82(71)80)84(68)88)57-39-43-61(44-40-57)86(77-34-18-36-79-81(77)70-29-11-16-35-78(70)89-79)62-45-47-63(48-46-62)87-73-30-12-7-25-65(73)66-26-8-13-31-74(66)87/h1-53H. The number of anilines is 3. The summed E-state index contributed by atoms with van der Waals surface area (Å²) in [6.45, 7) is 0. The van der Waals surface area contributed by atoms with Crippen LogP contribution in [0.15, 0.2) is 322 Å². The fourth-order valence-corrected chi connectivity index (χ4v) is 16.7. The molecule has 4 heterocycles. The van der Waals surface area contributed by atoms with E-state index in [9.17, 15) is 0 Å². The van der Waals surface area contributed by atoms with Crippen molar-refractivity contribution in [2.45, 2.75) is 5.41 Å². The number of para-hydroxylation sites is 4. The lowest BCUT2D eigenvalue weighted by atomic mass is 9.66. The number of thiophene rings is 1. The predicted octanol–water partition coefficient (Wildman–Crippen LogP) is 23.1. The molecule has 0 N–H and O–H groups in total. The largest absolute Gasteiger partial charge is 0.310 e. The molecule has 17 aromatic rings. The van der Waals surface area contributed by atoms with Crippen molar-refractivity contribution in [1.29, 1.82) is 0 Å². The van der Waals surface area contributed by atoms with E-state index in [1.54, 1.807) is 0 Å². The highest BCUT2D eigenvalue weighted by Gasteiger charge is 2.50. The van der Waals surface area contributed by atoms with Crippen LogP contribution in [-0.4, -0.2) is 9.13 Å². The van der Waals surface area contributed by atoms with Gasteiger partial charge in [-0.05, 0) is 152 Å². The molecule has 19 rings (SSSR count). The van der Waals surface area contributed by atoms with Gasteiger partial charge in [-0.1, -0.05) is 237 Å². The van der Waals surface area contributed by atoms with Crippen LogP contribution in [0.2, 0.25) is 0 Å². The van der Waals surface area contributed by atoms with Crippen LogP contribution in [0.1, 0.15) is 22.3 Å². The molecule has 1 aliphatic heterocycles. The molecule has 0 radical (unpaired) electrons. The summed E-state index contributed by atoms with van der Waals surface area (Å²) in [6.07, 6.45) is 0. The minimum atomic E-state index is -0.700. The number of rotatable bonds is 9. The van der Waals surface area contributed by atoms with Gasteiger partial charge in [-0.25, -0.2) is 0 Å². The van der Waals surface area contributed by atoms with Gasteiger partial charge in [0, 0.05) is 69.9 Å². The van der Waals surface area contributed by atoms with Crippen LogP contribution in [0, 0.1) is 0 Å². The van der Waals surface area contributed by atoms with Crippen LogP contribution in [0.5, 0.6) is 0 Å². The maximum Gasteiger partial charge on any atom is 0.0714 e. The highest BCUT2D eigenvalue weighted by atomic mass is 32.1. The monoisotopic (exact) mass is 1150 g/mol. The Hall–Kier alpha value is -11.3. The Kier molecular flexibility index (Phi) is 10.9. The van der Waals surface area contributed by atoms with Crippen LogP contribution in [-0.2, 0) is 5.41 Å². The Bertz CT molecular complexity index is 5660. The summed E-state index contributed by atoms with van der Waals surface area (Å²) >= 11 is 1.86. The second-order valence-corrected chi connectivity index (χ2v) is 24.9. The van der Waals surface area contributed by atoms with Gasteiger partial charge >= 0.3 is 0 Å². The summed E-state index contributed by atoms with van der Waals surface area (Å²) in [5, 5.41) is 7.54. The molecule has 2 aliphatic rings. The van der Waals surface area contributed by atoms with E-state index < -0.39 is 5.41 Å². The lowest BCUT2D eigenvalue weighted by Crippen LogP contribution is -2.28. The minimum Gasteiger partial charge on any atom is -0.310 e. The van der Waals surface area contributed by atoms with Gasteiger partial charge in [0.1, 0.15) is 0 Å². The summed E-state index contributed by atoms with van der Waals surface area (Å²) in [4.78, 5) is 2.47. The summed E-state index contributed by atoms with van der Waals surface area (Å²) in [5.74, 6) is 0. The smallest absolute Gasteiger partial charge is 0.0714 e. The molecule has 0 amide bonds. The Morgan fingerprint density at radius 1 is 0.303 bits per heavy atom. The van der Waals surface area contributed by atoms with Gasteiger partial charge < -0.3 is 14.0 Å². The molecule has 3 nitrogen and oxygen atoms in total. The Labute approximate surface area is 519 Å². The van der Waals surface area contributed by atoms with E-state index in [1.807, 2.05) is 11.3 Å². The molecule has 414 valence electrons. The zero-order valence-electron chi connectivity index (χ0n) is 48.3. The molecule has 0 fully saturated rings. The molecule has 0 saturated heterocycles. The first kappa shape index (κ1) is 49.9. The van der Waals surface area contributed by atoms with Gasteiger partial charge in [0.05, 0.1) is 38.9 Å². The molecule has 4 heteroatoms. The Morgan fingerprint density at radius 3 is 1.55 bits per heavy atom. The van der Waals surface area contributed by atoms with Gasteiger partial charge in [0.2, 0.25) is 0 Å². The fraction of sp³-hybridized carbons (Fsp3) is 0.0118. The first-order chi connectivity index (χ1) is 44.2. The van der Waals surface area contributed by atoms with Crippen molar-refractivity contribution in [2.24, 2.45) is 0 Å². The third-order valence-corrected chi connectivity index (χ3v) is 20.5. The van der Waals surface area contributed by atoms with Crippen molar-refractivity contribution in [1.82, 2.24) is 9.13 Å². The molecule has 1 atom stereocenters. The zero-order valence-corrected chi connectivity index (χ0v) is 49.2. The van der Waals surface area contributed by atoms with Gasteiger partial charge in [-0.15, -0.1) is 11.3 Å². The van der Waals surface area contributed by atoms with Crippen molar-refractivity contribution in [3.05, 3.63) is 344 Å². The molecule has 3 aromatic heterocycles. The van der Waals surface area contributed by atoms with Crippen molar-refractivity contribution in [2.75, 3.05) is 4.90 Å². The van der Waals surface area contributed by atoms with E-state index in [4.69, 9.17) is 0 Å². The molecular formula is C85H53N3S. The molecule has 0 spiro atoms. The van der Waals surface area contributed by atoms with E-state index in [2.05, 4.69) is 336 Å². The van der Waals surface area contributed by atoms with Gasteiger partial charge in [0.25, 0.3) is 0 Å². The van der Waals surface area contributed by atoms with Crippen LogP contribution < -0.4 is 4.90 Å². The number of benzene rings is 14. The van der Waals surface area contributed by atoms with Crippen molar-refractivity contribution in [3.8, 4) is 67.0 Å². The number of hydrogen-bond donors (Lipinski definition) is 0. The summed E-state index contributed by atoms with van der Waals surface area (Å²) in [7, 11) is 0. The summed E-state index contributed by atoms with van der Waals surface area (Å²) in [6, 6.07) is 120. The second kappa shape index (κ2) is 19.4. The Morgan fingerprint density at radius 2 is 0.831 bits per heavy atom. The number of hydrogen-bond acceptors (Lipinski definition) is 2. The quantitative estimate of drug-likeness (QED) is 0.140. The van der Waals surface area contributed by atoms with E-state index in [0.717, 1.165) is 28.3 Å². The molecule has 0 saturated carbocycles. The highest BCUT2D eigenvalue weighted by molar-refractivity contribution is 7.26. The van der Waals surface area contributed by atoms with Gasteiger partial charge in [-0.2, -0.15) is 0 Å². The zero-order chi connectivity index (χ0) is 58.3. The number of aromatic nitrogens is 2. The third-order valence-electron chi connectivity index (χ3n) is 19.3. The SMILES string of the molecule is c1ccc(-c2ccc(C3(c4cccc(-c5ccccc5)c4)c4ccc(-c5ccc(N(c6ccc(-n7c8ccccc8c8ccccc87)cc6)c6cccc7sc8ccccc8c67)cc5)c5c4-c4c3ccc3c6ccccc6n(c43)-c3ccccc3-5)cc2)cc1. The molecule has 89 heavy (non-hydrogen) atoms. The van der Waals surface area contributed by atoms with E-state index >= 15 is 0 Å². The van der Waals surface area contributed by atoms with Crippen molar-refractivity contribution < 1.29 is 0 Å². The van der Waals surface area contributed by atoms with Crippen molar-refractivity contribution in [3.63, 3.8) is 0 Å². The lowest BCUT2D eigenvalue weighted by molar-refractivity contribution is 0.769. The van der Waals surface area contributed by atoms with Gasteiger partial charge in [0.15, 0.2) is 0 Å². The topological polar surface area (TPSA) is 13.1 Å². The van der Waals surface area contributed by atoms with Gasteiger partial charge in [-0.3, -0.25) is 0 Å². The molecule has 0 bridgehead atoms. The molecule has 14 aromatic carbocycles. The van der Waals surface area contributed by atoms with Crippen LogP contribution >= 0.6 is 11.3 Å². The van der Waals surface area contributed by atoms with E-state index in [1.165, 1.54) is 142 Å². The lowest BCUT2D eigenvalue weighted by Gasteiger charge is -2.35. The maximum absolute atomic E-state index is 2.59. The number of fused-ring (bicyclic) bond motifs is 12. The summed E-state index contributed by atoms with van der Waals surface area (Å²) in [5.41, 5.74) is 27.0. The van der Waals surface area contributed by atoms with Crippen LogP contribution in [0.4, 0.5) is 17.1 Å². The predicted molar refractivity (Wildman–Crippen MR) is 375 cm³/mol. The Balaban J connectivity index is 0.846. The third kappa shape index (κ3) is 7.21. The normalized spacial score (nSPS) is 13.9. The number of nitrogens with zero attached hydrogens (tertiary/aromatic N) is 3. The molecule has 1 unspecified atom stereocenters. The second-order valence-electron chi connectivity index (χ2n) is 23.8. The molecular weight excluding hydrogens is 1100 g/mol. The van der Waals surface area contributed by atoms with E-state index in [-0.39, 0.29) is 0 Å². The molecule has 1 aliphatic carbocycles. The van der Waals surface area contributed by atoms with E-state index in [0.29, 0.717) is 0 Å². The first-order valence-electron chi connectivity index (χ1n) is 30.7. The van der Waals surface area contributed by atoms with Crippen LogP contribution in [0.25, 0.3) is 131 Å².